The molecule has 2 aliphatic heterocycles. The van der Waals surface area contributed by atoms with Gasteiger partial charge in [0.15, 0.2) is 0 Å². The van der Waals surface area contributed by atoms with Crippen LogP contribution in [0.25, 0.3) is 112 Å². The molecule has 4 nitrogen and oxygen atoms in total. The Morgan fingerprint density at radius 2 is 0.533 bits per heavy atom. The number of benzene rings is 9. The zero-order chi connectivity index (χ0) is 49.9. The highest BCUT2D eigenvalue weighted by atomic mass is 15.2. The van der Waals surface area contributed by atoms with Gasteiger partial charge < -0.3 is 0 Å². The number of hydrogen-bond donors (Lipinski definition) is 0. The van der Waals surface area contributed by atoms with Crippen LogP contribution >= 0.6 is 0 Å². The fourth-order valence-corrected chi connectivity index (χ4v) is 12.8. The fraction of sp³-hybridized carbons (Fsp3) is 0.0571. The van der Waals surface area contributed by atoms with Gasteiger partial charge in [-0.15, -0.1) is 0 Å². The summed E-state index contributed by atoms with van der Waals surface area (Å²) in [6, 6.07) is 94.4. The van der Waals surface area contributed by atoms with Gasteiger partial charge in [-0.25, -0.2) is 0 Å². The quantitative estimate of drug-likeness (QED) is 0.135. The highest BCUT2D eigenvalue weighted by Gasteiger charge is 2.49. The highest BCUT2D eigenvalue weighted by Crippen LogP contribution is 2.51. The minimum atomic E-state index is -0.223. The molecule has 2 aliphatic rings. The molecule has 354 valence electrons. The molecule has 0 aliphatic carbocycles. The van der Waals surface area contributed by atoms with Crippen LogP contribution in [-0.4, -0.2) is 24.6 Å². The van der Waals surface area contributed by atoms with E-state index in [0.29, 0.717) is 0 Å². The number of fused-ring (bicyclic) bond motifs is 4. The van der Waals surface area contributed by atoms with Crippen molar-refractivity contribution in [1.29, 1.82) is 0 Å². The van der Waals surface area contributed by atoms with E-state index in [9.17, 15) is 0 Å². The summed E-state index contributed by atoms with van der Waals surface area (Å²) in [5.74, 6) is 0. The van der Waals surface area contributed by atoms with Gasteiger partial charge in [0, 0.05) is 44.8 Å². The van der Waals surface area contributed by atoms with Gasteiger partial charge in [0.1, 0.15) is 11.3 Å². The lowest BCUT2D eigenvalue weighted by molar-refractivity contribution is 0.589. The number of imidazole rings is 2. The molecule has 0 saturated carbocycles. The predicted octanol–water partition coefficient (Wildman–Crippen LogP) is 15.5. The molecule has 0 saturated heterocycles. The fourth-order valence-electron chi connectivity index (χ4n) is 12.8. The first-order chi connectivity index (χ1) is 37.0. The molecule has 13 aromatic rings. The first kappa shape index (κ1) is 43.3. The van der Waals surface area contributed by atoms with E-state index in [2.05, 4.69) is 293 Å². The Morgan fingerprint density at radius 3 is 0.813 bits per heavy atom. The molecule has 4 aromatic heterocycles. The molecule has 5 heteroatoms. The van der Waals surface area contributed by atoms with Crippen molar-refractivity contribution in [2.24, 2.45) is 0 Å². The Hall–Kier alpha value is -9.32. The van der Waals surface area contributed by atoms with Crippen molar-refractivity contribution < 1.29 is 0 Å². The first-order valence-corrected chi connectivity index (χ1v) is 26.2. The van der Waals surface area contributed by atoms with Gasteiger partial charge in [0.05, 0.1) is 34.2 Å². The summed E-state index contributed by atoms with van der Waals surface area (Å²) in [6.07, 6.45) is 0. The Balaban J connectivity index is 1.27. The first-order valence-electron chi connectivity index (χ1n) is 26.2. The summed E-state index contributed by atoms with van der Waals surface area (Å²) in [4.78, 5) is 0. The Morgan fingerprint density at radius 1 is 0.280 bits per heavy atom. The third-order valence-corrected chi connectivity index (χ3v) is 15.9. The molecular formula is C70H51BN4. The second-order valence-corrected chi connectivity index (χ2v) is 21.2. The van der Waals surface area contributed by atoms with E-state index in [1.54, 1.807) is 0 Å². The van der Waals surface area contributed by atoms with Crippen molar-refractivity contribution in [3.05, 3.63) is 260 Å². The van der Waals surface area contributed by atoms with E-state index < -0.39 is 0 Å². The topological polar surface area (TPSA) is 18.7 Å². The van der Waals surface area contributed by atoms with Gasteiger partial charge in [0.25, 0.3) is 6.71 Å². The number of rotatable bonds is 8. The molecule has 0 N–H and O–H groups in total. The lowest BCUT2D eigenvalue weighted by Gasteiger charge is -2.35. The van der Waals surface area contributed by atoms with Crippen molar-refractivity contribution >= 4 is 34.4 Å². The lowest BCUT2D eigenvalue weighted by Crippen LogP contribution is -2.60. The summed E-state index contributed by atoms with van der Waals surface area (Å²) in [5, 5.41) is 0. The maximum Gasteiger partial charge on any atom is 0.258 e. The maximum absolute atomic E-state index is 2.68. The predicted molar refractivity (Wildman–Crippen MR) is 314 cm³/mol. The second-order valence-electron chi connectivity index (χ2n) is 21.2. The van der Waals surface area contributed by atoms with Gasteiger partial charge in [-0.2, -0.15) is 0 Å². The van der Waals surface area contributed by atoms with Crippen LogP contribution in [0.2, 0.25) is 0 Å². The van der Waals surface area contributed by atoms with E-state index in [0.717, 1.165) is 22.3 Å². The Kier molecular flexibility index (Phi) is 9.58. The Labute approximate surface area is 437 Å². The molecule has 75 heavy (non-hydrogen) atoms. The van der Waals surface area contributed by atoms with Crippen LogP contribution in [0.4, 0.5) is 0 Å². The molecule has 0 radical (unpaired) electrons. The van der Waals surface area contributed by atoms with Crippen LogP contribution in [0.5, 0.6) is 0 Å². The monoisotopic (exact) mass is 958 g/mol. The standard InChI is InChI=1S/C70H51BN4/c1-70(2,3)54-44-55-59-56(45-54)73-65(51-38-22-9-23-39-51)67(53-42-26-11-27-43-53)75-63(49-34-18-7-19-35-49)58(47-30-14-5-15-31-47)61(69(73)75)71(59)60-57(46-28-12-4-13-29-46)62(48-32-16-6-17-33-48)74-66(52-40-24-10-25-41-52)64(72(55)68(60)74)50-36-20-8-21-37-50/h4-45H,1-3H3. The van der Waals surface area contributed by atoms with Crippen molar-refractivity contribution in [2.45, 2.75) is 26.2 Å². The normalized spacial score (nSPS) is 12.4. The van der Waals surface area contributed by atoms with Crippen molar-refractivity contribution in [3.63, 3.8) is 0 Å². The van der Waals surface area contributed by atoms with Crippen LogP contribution in [0, 0.1) is 0 Å². The van der Waals surface area contributed by atoms with E-state index in [1.807, 2.05) is 0 Å². The average Bonchev–Trinajstić information content (AvgIpc) is 4.41. The maximum atomic E-state index is 2.68. The average molecular weight is 959 g/mol. The molecule has 0 bridgehead atoms. The van der Waals surface area contributed by atoms with Crippen molar-refractivity contribution in [3.8, 4) is 101 Å². The SMILES string of the molecule is CC(C)(C)c1cc2c3c(c1)-n1c(-c4ccccc4)c(-c4ccccc4)n4c(-c5ccccc5)c(-c5ccccc5)c(c14)B3c1c(-c3ccccc3)c(-c3ccccc3)n3c(-c4ccccc4)c(-c4ccccc4)n-2c13. The third-order valence-electron chi connectivity index (χ3n) is 15.9. The molecule has 9 aromatic carbocycles. The third kappa shape index (κ3) is 6.31. The summed E-state index contributed by atoms with van der Waals surface area (Å²) in [7, 11) is 0. The molecule has 0 unspecified atom stereocenters. The number of nitrogens with zero attached hydrogens (tertiary/aromatic N) is 4. The molecule has 0 atom stereocenters. The lowest BCUT2D eigenvalue weighted by atomic mass is 9.33. The second kappa shape index (κ2) is 16.6. The van der Waals surface area contributed by atoms with E-state index in [-0.39, 0.29) is 12.1 Å². The van der Waals surface area contributed by atoms with Crippen LogP contribution in [0.3, 0.4) is 0 Å². The summed E-state index contributed by atoms with van der Waals surface area (Å²) in [6.45, 7) is 6.89. The van der Waals surface area contributed by atoms with Gasteiger partial charge in [0.2, 0.25) is 0 Å². The molecular weight excluding hydrogens is 908 g/mol. The van der Waals surface area contributed by atoms with Crippen LogP contribution in [0.15, 0.2) is 255 Å². The molecule has 15 rings (SSSR count). The van der Waals surface area contributed by atoms with Crippen molar-refractivity contribution in [2.75, 3.05) is 0 Å². The minimum absolute atomic E-state index is 0.211. The van der Waals surface area contributed by atoms with Gasteiger partial charge >= 0.3 is 0 Å². The van der Waals surface area contributed by atoms with Gasteiger partial charge in [-0.3, -0.25) is 17.9 Å². The van der Waals surface area contributed by atoms with Gasteiger partial charge in [-0.1, -0.05) is 263 Å². The number of hydrogen-bond acceptors (Lipinski definition) is 0. The van der Waals surface area contributed by atoms with E-state index in [4.69, 9.17) is 0 Å². The number of aromatic nitrogens is 4. The summed E-state index contributed by atoms with van der Waals surface area (Å²) in [5.41, 5.74) is 28.6. The zero-order valence-corrected chi connectivity index (χ0v) is 42.1. The van der Waals surface area contributed by atoms with Gasteiger partial charge in [-0.05, 0) is 61.8 Å². The molecule has 0 fully saturated rings. The molecule has 6 heterocycles. The Bertz CT molecular complexity index is 4040. The molecule has 0 amide bonds. The van der Waals surface area contributed by atoms with Crippen LogP contribution < -0.4 is 16.4 Å². The van der Waals surface area contributed by atoms with Crippen LogP contribution in [-0.2, 0) is 5.41 Å². The van der Waals surface area contributed by atoms with Crippen LogP contribution in [0.1, 0.15) is 26.3 Å². The smallest absolute Gasteiger partial charge is 0.258 e. The zero-order valence-electron chi connectivity index (χ0n) is 42.1. The summed E-state index contributed by atoms with van der Waals surface area (Å²) >= 11 is 0. The highest BCUT2D eigenvalue weighted by molar-refractivity contribution is 7.01. The van der Waals surface area contributed by atoms with E-state index >= 15 is 0 Å². The minimum Gasteiger partial charge on any atom is -0.294 e. The summed E-state index contributed by atoms with van der Waals surface area (Å²) < 4.78 is 10.7. The van der Waals surface area contributed by atoms with Crippen molar-refractivity contribution in [1.82, 2.24) is 17.9 Å². The largest absolute Gasteiger partial charge is 0.294 e. The molecule has 0 spiro atoms. The van der Waals surface area contributed by atoms with E-state index in [1.165, 1.54) is 112 Å².